The lowest BCUT2D eigenvalue weighted by Crippen LogP contribution is -2.56. The van der Waals surface area contributed by atoms with Crippen LogP contribution in [-0.4, -0.2) is 76.6 Å². The van der Waals surface area contributed by atoms with E-state index in [0.29, 0.717) is 6.42 Å². The van der Waals surface area contributed by atoms with Gasteiger partial charge in [0.25, 0.3) is 5.96 Å². The number of hydrogen-bond acceptors (Lipinski definition) is 9. The van der Waals surface area contributed by atoms with Crippen molar-refractivity contribution in [1.29, 1.82) is 0 Å². The van der Waals surface area contributed by atoms with Gasteiger partial charge in [-0.15, -0.1) is 0 Å². The summed E-state index contributed by atoms with van der Waals surface area (Å²) in [6.07, 6.45) is 2.52. The van der Waals surface area contributed by atoms with Crippen molar-refractivity contribution in [3.05, 3.63) is 112 Å². The fourth-order valence-electron chi connectivity index (χ4n) is 5.54. The first kappa shape index (κ1) is 38.4. The standard InChI is InChI=1S/C36H42N8O8/c1-52-35(49)31(21-25-22-39-28-11-6-5-10-27(25)28)42-33(47)29(12-7-19-38-36(37)43-44(50)51)41-34(48)30(20-24-8-3-2-4-9-24)40-32(46)18-15-23-13-16-26(45)17-14-23/h2-6,8-11,13-14,16-17,22,29-31,39,45H,7,12,15,18-21H2,1H3,(H,40,46)(H,41,48)(H,42,47)(H3,37,38,43)/t29-,30+,31-/m0/s1. The van der Waals surface area contributed by atoms with Crippen LogP contribution < -0.4 is 27.1 Å². The molecule has 0 radical (unpaired) electrons. The smallest absolute Gasteiger partial charge is 0.328 e. The van der Waals surface area contributed by atoms with Crippen LogP contribution in [0.3, 0.4) is 0 Å². The number of phenolic OH excluding ortho intramolecular Hbond substituents is 1. The normalized spacial score (nSPS) is 13.0. The number of rotatable bonds is 18. The van der Waals surface area contributed by atoms with Crippen LogP contribution in [0.1, 0.15) is 36.0 Å². The molecule has 0 fully saturated rings. The number of nitrogens with one attached hydrogen (secondary N) is 5. The second-order valence-electron chi connectivity index (χ2n) is 12.0. The molecule has 3 amide bonds. The summed E-state index contributed by atoms with van der Waals surface area (Å²) in [6.45, 7) is -0.0243. The van der Waals surface area contributed by atoms with Gasteiger partial charge in [0.15, 0.2) is 5.03 Å². The van der Waals surface area contributed by atoms with Crippen LogP contribution in [0.5, 0.6) is 5.75 Å². The van der Waals surface area contributed by atoms with Crippen LogP contribution >= 0.6 is 0 Å². The van der Waals surface area contributed by atoms with Gasteiger partial charge in [-0.25, -0.2) is 19.9 Å². The van der Waals surface area contributed by atoms with Crippen molar-refractivity contribution in [3.8, 4) is 5.75 Å². The van der Waals surface area contributed by atoms with E-state index in [-0.39, 0.29) is 44.4 Å². The topological polar surface area (TPSA) is 243 Å². The van der Waals surface area contributed by atoms with Crippen molar-refractivity contribution in [2.24, 2.45) is 10.7 Å². The number of nitro groups is 1. The highest BCUT2D eigenvalue weighted by Crippen LogP contribution is 2.20. The van der Waals surface area contributed by atoms with E-state index in [9.17, 15) is 34.4 Å². The molecule has 0 aliphatic heterocycles. The number of carbonyl (C=O) groups is 4. The van der Waals surface area contributed by atoms with Crippen LogP contribution in [0.25, 0.3) is 10.9 Å². The number of phenols is 1. The zero-order chi connectivity index (χ0) is 37.5. The number of ether oxygens (including phenoxy) is 1. The summed E-state index contributed by atoms with van der Waals surface area (Å²) in [5, 5.41) is 28.5. The molecule has 0 saturated heterocycles. The molecule has 4 aromatic rings. The van der Waals surface area contributed by atoms with Gasteiger partial charge in [0, 0.05) is 42.9 Å². The monoisotopic (exact) mass is 714 g/mol. The van der Waals surface area contributed by atoms with Crippen molar-refractivity contribution < 1.29 is 34.1 Å². The van der Waals surface area contributed by atoms with Gasteiger partial charge in [-0.1, -0.05) is 66.1 Å². The molecule has 0 saturated carbocycles. The van der Waals surface area contributed by atoms with E-state index in [1.807, 2.05) is 30.3 Å². The summed E-state index contributed by atoms with van der Waals surface area (Å²) in [7, 11) is 1.20. The first-order valence-corrected chi connectivity index (χ1v) is 16.6. The van der Waals surface area contributed by atoms with Crippen molar-refractivity contribution in [3.63, 3.8) is 0 Å². The molecular weight excluding hydrogens is 672 g/mol. The van der Waals surface area contributed by atoms with Gasteiger partial charge < -0.3 is 36.5 Å². The van der Waals surface area contributed by atoms with Crippen molar-refractivity contribution >= 4 is 40.6 Å². The Morgan fingerprint density at radius 3 is 2.27 bits per heavy atom. The number of nitrogens with zero attached hydrogens (tertiary/aromatic N) is 2. The van der Waals surface area contributed by atoms with Crippen LogP contribution in [0.2, 0.25) is 0 Å². The Morgan fingerprint density at radius 1 is 0.885 bits per heavy atom. The minimum atomic E-state index is -1.21. The minimum absolute atomic E-state index is 0.000646. The van der Waals surface area contributed by atoms with E-state index < -0.39 is 52.8 Å². The molecule has 16 nitrogen and oxygen atoms in total. The first-order chi connectivity index (χ1) is 25.0. The van der Waals surface area contributed by atoms with Crippen molar-refractivity contribution in [2.75, 3.05) is 13.7 Å². The predicted molar refractivity (Wildman–Crippen MR) is 192 cm³/mol. The molecule has 16 heteroatoms. The lowest BCUT2D eigenvalue weighted by Gasteiger charge is -2.25. The molecule has 0 bridgehead atoms. The van der Waals surface area contributed by atoms with Gasteiger partial charge in [0.1, 0.15) is 23.9 Å². The SMILES string of the molecule is COC(=O)[C@H](Cc1c[nH]c2ccccc12)NC(=O)[C@H](CCCN=C(N)N[N+](=O)[O-])NC(=O)[C@@H](Cc1ccccc1)NC(=O)CCc1ccc(O)cc1. The molecule has 0 unspecified atom stereocenters. The third-order valence-corrected chi connectivity index (χ3v) is 8.18. The molecule has 4 rings (SSSR count). The number of aromatic nitrogens is 1. The molecule has 274 valence electrons. The van der Waals surface area contributed by atoms with Gasteiger partial charge in [-0.2, -0.15) is 0 Å². The summed E-state index contributed by atoms with van der Waals surface area (Å²) in [5.41, 5.74) is 10.4. The van der Waals surface area contributed by atoms with E-state index in [4.69, 9.17) is 10.5 Å². The quantitative estimate of drug-likeness (QED) is 0.0197. The molecule has 3 atom stereocenters. The van der Waals surface area contributed by atoms with E-state index in [2.05, 4.69) is 25.9 Å². The van der Waals surface area contributed by atoms with E-state index in [1.54, 1.807) is 48.0 Å². The maximum absolute atomic E-state index is 13.9. The summed E-state index contributed by atoms with van der Waals surface area (Å²) in [6, 6.07) is 19.5. The minimum Gasteiger partial charge on any atom is -0.508 e. The Hall–Kier alpha value is -6.45. The zero-order valence-corrected chi connectivity index (χ0v) is 28.5. The molecule has 1 aromatic heterocycles. The maximum Gasteiger partial charge on any atom is 0.328 e. The van der Waals surface area contributed by atoms with Gasteiger partial charge in [0.2, 0.25) is 17.7 Å². The Labute approximate surface area is 299 Å². The number of carbonyl (C=O) groups excluding carboxylic acids is 4. The number of hydrazine groups is 1. The zero-order valence-electron chi connectivity index (χ0n) is 28.5. The number of aliphatic imine (C=N–C) groups is 1. The molecule has 0 spiro atoms. The second kappa shape index (κ2) is 19.1. The Bertz CT molecular complexity index is 1860. The fourth-order valence-corrected chi connectivity index (χ4v) is 5.54. The highest BCUT2D eigenvalue weighted by Gasteiger charge is 2.30. The average molecular weight is 715 g/mol. The number of guanidine groups is 1. The molecule has 1 heterocycles. The Kier molecular flexibility index (Phi) is 14.1. The van der Waals surface area contributed by atoms with Crippen LogP contribution in [0, 0.1) is 10.1 Å². The number of H-pyrrole nitrogens is 1. The third-order valence-electron chi connectivity index (χ3n) is 8.18. The predicted octanol–water partition coefficient (Wildman–Crippen LogP) is 1.80. The lowest BCUT2D eigenvalue weighted by atomic mass is 10.0. The molecular formula is C36H42N8O8. The highest BCUT2D eigenvalue weighted by atomic mass is 16.7. The number of fused-ring (bicyclic) bond motifs is 1. The maximum atomic E-state index is 13.9. The molecule has 52 heavy (non-hydrogen) atoms. The summed E-state index contributed by atoms with van der Waals surface area (Å²) >= 11 is 0. The number of methoxy groups -OCH3 is 1. The third kappa shape index (κ3) is 11.9. The van der Waals surface area contributed by atoms with Crippen LogP contribution in [-0.2, 0) is 43.2 Å². The van der Waals surface area contributed by atoms with E-state index >= 15 is 0 Å². The Morgan fingerprint density at radius 2 is 1.56 bits per heavy atom. The van der Waals surface area contributed by atoms with Gasteiger partial charge >= 0.3 is 5.97 Å². The Balaban J connectivity index is 1.52. The summed E-state index contributed by atoms with van der Waals surface area (Å²) in [5.74, 6) is -2.77. The number of benzene rings is 3. The van der Waals surface area contributed by atoms with Gasteiger partial charge in [-0.05, 0) is 54.2 Å². The lowest BCUT2D eigenvalue weighted by molar-refractivity contribution is -0.525. The number of hydrogen-bond donors (Lipinski definition) is 7. The van der Waals surface area contributed by atoms with Crippen molar-refractivity contribution in [1.82, 2.24) is 26.4 Å². The highest BCUT2D eigenvalue weighted by molar-refractivity contribution is 5.94. The molecule has 0 aliphatic rings. The number of aromatic amines is 1. The number of para-hydroxylation sites is 1. The number of esters is 1. The molecule has 8 N–H and O–H groups in total. The largest absolute Gasteiger partial charge is 0.508 e. The van der Waals surface area contributed by atoms with Crippen molar-refractivity contribution in [2.45, 2.75) is 56.7 Å². The fraction of sp³-hybridized carbons (Fsp3) is 0.306. The number of aryl methyl sites for hydroxylation is 1. The molecule has 3 aromatic carbocycles. The van der Waals surface area contributed by atoms with Crippen LogP contribution in [0.4, 0.5) is 0 Å². The number of amides is 3. The average Bonchev–Trinajstić information content (AvgIpc) is 3.54. The van der Waals surface area contributed by atoms with Crippen LogP contribution in [0.15, 0.2) is 90.1 Å². The molecule has 0 aliphatic carbocycles. The van der Waals surface area contributed by atoms with Gasteiger partial charge in [0.05, 0.1) is 7.11 Å². The van der Waals surface area contributed by atoms with E-state index in [0.717, 1.165) is 27.6 Å². The van der Waals surface area contributed by atoms with Gasteiger partial charge in [-0.3, -0.25) is 14.4 Å². The first-order valence-electron chi connectivity index (χ1n) is 16.6. The summed E-state index contributed by atoms with van der Waals surface area (Å²) in [4.78, 5) is 71.5. The van der Waals surface area contributed by atoms with E-state index in [1.165, 1.54) is 19.2 Å². The summed E-state index contributed by atoms with van der Waals surface area (Å²) < 4.78 is 5.00. The number of aromatic hydroxyl groups is 1. The number of nitrogens with two attached hydrogens (primary N) is 1. The second-order valence-corrected chi connectivity index (χ2v) is 12.0.